The molecule has 8 rings (SSSR count). The number of fused-ring (bicyclic) bond motifs is 2. The van der Waals surface area contributed by atoms with E-state index in [1.54, 1.807) is 115 Å². The Hall–Kier alpha value is -8.46. The predicted octanol–water partition coefficient (Wildman–Crippen LogP) is 3.62. The van der Waals surface area contributed by atoms with Crippen molar-refractivity contribution >= 4 is 35.0 Å². The third-order valence-electron chi connectivity index (χ3n) is 10.4. The van der Waals surface area contributed by atoms with E-state index in [0.29, 0.717) is 56.8 Å². The molecule has 0 fully saturated rings. The number of hydrogen-bond donors (Lipinski definition) is 6. The first kappa shape index (κ1) is 49.4. The van der Waals surface area contributed by atoms with E-state index < -0.39 is 46.9 Å². The summed E-state index contributed by atoms with van der Waals surface area (Å²) in [6.07, 6.45) is 0.268. The van der Waals surface area contributed by atoms with Crippen LogP contribution in [0.1, 0.15) is 82.8 Å². The average Bonchev–Trinajstić information content (AvgIpc) is 3.96. The van der Waals surface area contributed by atoms with Crippen LogP contribution in [-0.2, 0) is 22.4 Å². The van der Waals surface area contributed by atoms with Crippen LogP contribution in [-0.4, -0.2) is 115 Å². The summed E-state index contributed by atoms with van der Waals surface area (Å²) < 4.78 is 39.3. The molecule has 360 valence electrons. The van der Waals surface area contributed by atoms with Crippen molar-refractivity contribution in [3.63, 3.8) is 0 Å². The maximum absolute atomic E-state index is 13.9. The summed E-state index contributed by atoms with van der Waals surface area (Å²) in [6.45, 7) is 6.12. The molecule has 2 aliphatic rings. The Morgan fingerprint density at radius 1 is 0.671 bits per heavy atom. The molecule has 20 heteroatoms. The zero-order chi connectivity index (χ0) is 50.3. The van der Waals surface area contributed by atoms with Crippen LogP contribution in [0.25, 0.3) is 0 Å². The Balaban J connectivity index is 0.000000206. The van der Waals surface area contributed by atoms with Gasteiger partial charge in [0.2, 0.25) is 11.6 Å². The van der Waals surface area contributed by atoms with Gasteiger partial charge in [0.05, 0.1) is 11.4 Å². The molecular weight excluding hydrogens is 907 g/mol. The minimum atomic E-state index is -1.16. The normalized spacial score (nSPS) is 15.4. The molecule has 4 aromatic carbocycles. The number of aromatic nitrogens is 6. The zero-order valence-electron chi connectivity index (χ0n) is 38.8. The standard InChI is InChI=1S/2C25H24FN5O4/c2*1-25(2,34)11-10-15-8-9-20-19(12-15)31(3)24(33)18(14-35-20)27-23(32)22-28-21(29-30-22)13-16-6-4-5-7-17(16)26/h2*4-9,12,18,34H,13-14H2,1-3H3,(H,27,32)(H,28,29,30)/t18-;/m1./s1. The zero-order valence-corrected chi connectivity index (χ0v) is 38.8. The number of nitrogens with one attached hydrogen (secondary N) is 4. The van der Waals surface area contributed by atoms with E-state index in [1.807, 2.05) is 0 Å². The minimum Gasteiger partial charge on any atom is -0.489 e. The van der Waals surface area contributed by atoms with E-state index in [1.165, 1.54) is 21.9 Å². The quantitative estimate of drug-likeness (QED) is 0.120. The van der Waals surface area contributed by atoms with Crippen molar-refractivity contribution in [1.29, 1.82) is 0 Å². The maximum atomic E-state index is 13.9. The molecule has 70 heavy (non-hydrogen) atoms. The van der Waals surface area contributed by atoms with Crippen LogP contribution in [0.5, 0.6) is 11.5 Å². The summed E-state index contributed by atoms with van der Waals surface area (Å²) in [4.78, 5) is 62.5. The Labute approximate surface area is 400 Å². The lowest BCUT2D eigenvalue weighted by Gasteiger charge is -2.20. The van der Waals surface area contributed by atoms with Gasteiger partial charge in [-0.15, -0.1) is 10.2 Å². The fourth-order valence-electron chi connectivity index (χ4n) is 6.85. The first-order valence-corrected chi connectivity index (χ1v) is 21.7. The summed E-state index contributed by atoms with van der Waals surface area (Å²) in [5, 5.41) is 37.9. The van der Waals surface area contributed by atoms with Gasteiger partial charge in [-0.1, -0.05) is 60.1 Å². The van der Waals surface area contributed by atoms with Gasteiger partial charge in [-0.05, 0) is 87.4 Å². The number of rotatable bonds is 8. The van der Waals surface area contributed by atoms with Crippen molar-refractivity contribution in [1.82, 2.24) is 41.0 Å². The fraction of sp³-hybridized carbons (Fsp3) is 0.280. The SMILES string of the molecule is CN1C(=O)C(NC(=O)c2n[nH]c(Cc3ccccc3F)n2)COc2ccc(C#CC(C)(C)O)cc21.CN1C(=O)[C@H](NC(=O)c2n[nH]c(Cc3ccccc3F)n2)COc2ccc(C#CC(C)(C)O)cc21. The van der Waals surface area contributed by atoms with Crippen molar-refractivity contribution in [2.75, 3.05) is 37.1 Å². The molecule has 6 N–H and O–H groups in total. The first-order valence-electron chi connectivity index (χ1n) is 21.7. The molecule has 4 heterocycles. The summed E-state index contributed by atoms with van der Waals surface area (Å²) in [7, 11) is 3.14. The number of aliphatic hydroxyl groups is 2. The lowest BCUT2D eigenvalue weighted by atomic mass is 10.1. The van der Waals surface area contributed by atoms with Gasteiger partial charge >= 0.3 is 0 Å². The molecule has 18 nitrogen and oxygen atoms in total. The Morgan fingerprint density at radius 3 is 1.43 bits per heavy atom. The number of carbonyl (C=O) groups excluding carboxylic acids is 4. The number of likely N-dealkylation sites (N-methyl/N-ethyl adjacent to an activating group) is 2. The predicted molar refractivity (Wildman–Crippen MR) is 251 cm³/mol. The molecule has 0 bridgehead atoms. The molecule has 2 atom stereocenters. The van der Waals surface area contributed by atoms with Crippen LogP contribution in [0.15, 0.2) is 84.9 Å². The molecule has 0 radical (unpaired) electrons. The molecular formula is C50H48F2N10O8. The lowest BCUT2D eigenvalue weighted by molar-refractivity contribution is -0.121. The number of amides is 4. The minimum absolute atomic E-state index is 0.0941. The molecule has 6 aromatic rings. The highest BCUT2D eigenvalue weighted by Gasteiger charge is 2.33. The summed E-state index contributed by atoms with van der Waals surface area (Å²) in [5.74, 6) is 9.50. The average molecular weight is 955 g/mol. The highest BCUT2D eigenvalue weighted by Crippen LogP contribution is 2.33. The molecule has 0 spiro atoms. The Morgan fingerprint density at radius 2 is 1.06 bits per heavy atom. The third kappa shape index (κ3) is 12.5. The molecule has 4 amide bonds. The molecule has 0 aliphatic carbocycles. The second-order valence-corrected chi connectivity index (χ2v) is 17.2. The van der Waals surface area contributed by atoms with Crippen LogP contribution in [0.3, 0.4) is 0 Å². The van der Waals surface area contributed by atoms with E-state index in [2.05, 4.69) is 64.7 Å². The number of nitrogens with zero attached hydrogens (tertiary/aromatic N) is 6. The third-order valence-corrected chi connectivity index (χ3v) is 10.4. The number of anilines is 2. The van der Waals surface area contributed by atoms with Gasteiger partial charge in [-0.2, -0.15) is 0 Å². The Kier molecular flexibility index (Phi) is 14.7. The summed E-state index contributed by atoms with van der Waals surface area (Å²) >= 11 is 0. The largest absolute Gasteiger partial charge is 0.489 e. The number of benzene rings is 4. The molecule has 2 aromatic heterocycles. The van der Waals surface area contributed by atoms with Gasteiger partial charge < -0.3 is 40.1 Å². The van der Waals surface area contributed by atoms with Crippen LogP contribution >= 0.6 is 0 Å². The van der Waals surface area contributed by atoms with Crippen LogP contribution in [0.2, 0.25) is 0 Å². The van der Waals surface area contributed by atoms with Crippen molar-refractivity contribution < 1.29 is 47.6 Å². The van der Waals surface area contributed by atoms with Crippen molar-refractivity contribution in [3.8, 4) is 35.2 Å². The van der Waals surface area contributed by atoms with E-state index in [0.717, 1.165) is 0 Å². The highest BCUT2D eigenvalue weighted by atomic mass is 19.1. The van der Waals surface area contributed by atoms with Crippen molar-refractivity contribution in [3.05, 3.63) is 142 Å². The van der Waals surface area contributed by atoms with Gasteiger partial charge in [0.25, 0.3) is 23.6 Å². The van der Waals surface area contributed by atoms with E-state index in [4.69, 9.17) is 9.47 Å². The second kappa shape index (κ2) is 20.8. The van der Waals surface area contributed by atoms with E-state index in [-0.39, 0.29) is 49.3 Å². The number of carbonyl (C=O) groups is 4. The van der Waals surface area contributed by atoms with E-state index >= 15 is 0 Å². The highest BCUT2D eigenvalue weighted by molar-refractivity contribution is 6.03. The summed E-state index contributed by atoms with van der Waals surface area (Å²) in [6, 6.07) is 20.7. The van der Waals surface area contributed by atoms with Crippen LogP contribution in [0.4, 0.5) is 20.2 Å². The number of hydrogen-bond acceptors (Lipinski definition) is 12. The second-order valence-electron chi connectivity index (χ2n) is 17.2. The number of ether oxygens (including phenoxy) is 2. The number of H-pyrrole nitrogens is 2. The molecule has 0 saturated carbocycles. The monoisotopic (exact) mass is 954 g/mol. The van der Waals surface area contributed by atoms with Crippen molar-refractivity contribution in [2.24, 2.45) is 0 Å². The first-order chi connectivity index (χ1) is 33.2. The van der Waals surface area contributed by atoms with Crippen LogP contribution < -0.4 is 29.9 Å². The maximum Gasteiger partial charge on any atom is 0.291 e. The number of aromatic amines is 2. The van der Waals surface area contributed by atoms with Gasteiger partial charge in [0.15, 0.2) is 0 Å². The smallest absolute Gasteiger partial charge is 0.291 e. The van der Waals surface area contributed by atoms with Crippen LogP contribution in [0, 0.1) is 35.3 Å². The van der Waals surface area contributed by atoms with E-state index in [9.17, 15) is 38.2 Å². The Bertz CT molecular complexity index is 2880. The topological polar surface area (TPSA) is 241 Å². The number of halogens is 2. The molecule has 1 unspecified atom stereocenters. The molecule has 2 aliphatic heterocycles. The van der Waals surface area contributed by atoms with Gasteiger partial charge in [-0.25, -0.2) is 18.7 Å². The van der Waals surface area contributed by atoms with Gasteiger partial charge in [0, 0.05) is 38.1 Å². The fourth-order valence-corrected chi connectivity index (χ4v) is 6.85. The van der Waals surface area contributed by atoms with Gasteiger partial charge in [0.1, 0.15) is 71.3 Å². The molecule has 0 saturated heterocycles. The van der Waals surface area contributed by atoms with Gasteiger partial charge in [-0.3, -0.25) is 29.4 Å². The summed E-state index contributed by atoms with van der Waals surface area (Å²) in [5.41, 5.74) is 0.673. The van der Waals surface area contributed by atoms with Crippen molar-refractivity contribution in [2.45, 2.75) is 63.8 Å². The lowest BCUT2D eigenvalue weighted by Crippen LogP contribution is -2.49.